The van der Waals surface area contributed by atoms with E-state index >= 15 is 0 Å². The molecular weight excluding hydrogens is 997 g/mol. The third kappa shape index (κ3) is 8.96. The lowest BCUT2D eigenvalue weighted by Crippen LogP contribution is -2.05. The first-order valence-corrected chi connectivity index (χ1v) is 29.4. The van der Waals surface area contributed by atoms with Crippen LogP contribution in [0, 0.1) is 6.92 Å². The molecule has 9 aromatic carbocycles. The first-order valence-electron chi connectivity index (χ1n) is 29.4. The molecule has 0 spiro atoms. The van der Waals surface area contributed by atoms with Crippen LogP contribution in [0.2, 0.25) is 0 Å². The van der Waals surface area contributed by atoms with Crippen molar-refractivity contribution in [2.24, 2.45) is 0 Å². The van der Waals surface area contributed by atoms with Gasteiger partial charge in [-0.2, -0.15) is 0 Å². The van der Waals surface area contributed by atoms with Crippen LogP contribution in [0.3, 0.4) is 0 Å². The average molecular weight is 1060 g/mol. The van der Waals surface area contributed by atoms with Gasteiger partial charge in [0.15, 0.2) is 17.5 Å². The highest BCUT2D eigenvalue weighted by atomic mass is 15.1. The molecule has 3 aliphatic carbocycles. The van der Waals surface area contributed by atoms with Gasteiger partial charge in [-0.25, -0.2) is 15.0 Å². The van der Waals surface area contributed by atoms with E-state index in [4.69, 9.17) is 15.0 Å². The number of nitrogens with zero attached hydrogens (tertiary/aromatic N) is 6. The van der Waals surface area contributed by atoms with Crippen molar-refractivity contribution in [3.63, 3.8) is 0 Å². The minimum atomic E-state index is 0.605. The standard InChI is InChI=1S/C58H40N6.C14H14.2C2H6/c1-37-31-39(33-41(32-37)62-50-25-11-5-19-44(50)45-20-6-12-26-51(45)62)57-59-56(38-17-3-2-4-18-38)60-58(61-57)40-34-42(63-52-27-13-7-21-46(52)47-22-8-14-28-53(47)63)36-43(35-40)64-54-29-15-9-23-48(54)49-24-10-16-30-55(49)64;1-10-11-6-2-4-8-13(11)14-9-5-3-7-12(10)14;2*1-2/h2-9,11-23,25-36H,10,24H2,1H3;2,4-6,8-10H,3,7H2,1H3;2*1-2H3. The van der Waals surface area contributed by atoms with Crippen molar-refractivity contribution in [1.82, 2.24) is 28.7 Å². The summed E-state index contributed by atoms with van der Waals surface area (Å²) >= 11 is 0. The van der Waals surface area contributed by atoms with Crippen LogP contribution in [0.15, 0.2) is 236 Å². The number of hydrogen-bond acceptors (Lipinski definition) is 3. The summed E-state index contributed by atoms with van der Waals surface area (Å²) in [5.41, 5.74) is 21.5. The Morgan fingerprint density at radius 2 is 0.817 bits per heavy atom. The molecule has 6 heteroatoms. The Bertz CT molecular complexity index is 4550. The minimum absolute atomic E-state index is 0.605. The molecule has 82 heavy (non-hydrogen) atoms. The first kappa shape index (κ1) is 51.8. The molecule has 0 saturated heterocycles. The van der Waals surface area contributed by atoms with E-state index in [-0.39, 0.29) is 0 Å². The van der Waals surface area contributed by atoms with E-state index in [0.717, 1.165) is 74.2 Å². The zero-order valence-electron chi connectivity index (χ0n) is 47.6. The lowest BCUT2D eigenvalue weighted by Gasteiger charge is -2.17. The van der Waals surface area contributed by atoms with Crippen molar-refractivity contribution < 1.29 is 0 Å². The number of allylic oxidation sites excluding steroid dienone is 5. The molecule has 0 aliphatic heterocycles. The first-order chi connectivity index (χ1) is 40.5. The van der Waals surface area contributed by atoms with Gasteiger partial charge in [0.05, 0.1) is 27.6 Å². The van der Waals surface area contributed by atoms with Crippen LogP contribution < -0.4 is 0 Å². The van der Waals surface area contributed by atoms with Crippen molar-refractivity contribution in [1.29, 1.82) is 0 Å². The molecule has 6 nitrogen and oxygen atoms in total. The number of fused-ring (bicyclic) bond motifs is 11. The summed E-state index contributed by atoms with van der Waals surface area (Å²) in [5.74, 6) is 2.49. The zero-order chi connectivity index (χ0) is 55.8. The van der Waals surface area contributed by atoms with Crippen molar-refractivity contribution in [2.45, 2.75) is 73.1 Å². The Hall–Kier alpha value is -9.65. The number of aryl methyl sites for hydroxylation is 2. The molecule has 3 aliphatic rings. The molecule has 1 atom stereocenters. The smallest absolute Gasteiger partial charge is 0.164 e. The molecule has 0 saturated carbocycles. The van der Waals surface area contributed by atoms with Gasteiger partial charge in [-0.05, 0) is 133 Å². The van der Waals surface area contributed by atoms with Crippen LogP contribution in [0.1, 0.15) is 87.7 Å². The summed E-state index contributed by atoms with van der Waals surface area (Å²) in [7, 11) is 0. The quantitative estimate of drug-likeness (QED) is 0.167. The van der Waals surface area contributed by atoms with Crippen molar-refractivity contribution in [3.8, 4) is 51.2 Å². The third-order valence-corrected chi connectivity index (χ3v) is 16.4. The van der Waals surface area contributed by atoms with E-state index in [9.17, 15) is 0 Å². The Morgan fingerprint density at radius 3 is 1.39 bits per heavy atom. The monoisotopic (exact) mass is 1060 g/mol. The van der Waals surface area contributed by atoms with Gasteiger partial charge in [0.25, 0.3) is 0 Å². The molecule has 400 valence electrons. The molecule has 1 unspecified atom stereocenters. The van der Waals surface area contributed by atoms with E-state index in [1.54, 1.807) is 5.57 Å². The third-order valence-electron chi connectivity index (χ3n) is 16.4. The summed E-state index contributed by atoms with van der Waals surface area (Å²) in [6, 6.07) is 76.1. The van der Waals surface area contributed by atoms with Crippen LogP contribution >= 0.6 is 0 Å². The lowest BCUT2D eigenvalue weighted by atomic mass is 9.92. The molecule has 0 fully saturated rings. The summed E-state index contributed by atoms with van der Waals surface area (Å²) in [6.45, 7) is 12.5. The van der Waals surface area contributed by atoms with Gasteiger partial charge < -0.3 is 13.7 Å². The Kier molecular flexibility index (Phi) is 14.0. The summed E-state index contributed by atoms with van der Waals surface area (Å²) < 4.78 is 7.18. The fraction of sp³-hybridized carbons (Fsp3) is 0.145. The molecule has 0 radical (unpaired) electrons. The Balaban J connectivity index is 0.000000301. The maximum absolute atomic E-state index is 5.44. The van der Waals surface area contributed by atoms with E-state index in [1.807, 2.05) is 45.9 Å². The second-order valence-corrected chi connectivity index (χ2v) is 21.1. The highest BCUT2D eigenvalue weighted by Crippen LogP contribution is 2.46. The maximum Gasteiger partial charge on any atom is 0.164 e. The molecule has 4 aromatic heterocycles. The SMILES string of the molecule is CC.CC.CC1C2=C(C=CCC2)c2ccccc21.Cc1cc(-c2nc(-c3ccccc3)nc(-c3cc(-n4c5c(c6ccccc64)CCC=C5)cc(-n4c5ccccc5c5ccccc54)c3)n2)cc(-n2c3ccccc3c3ccccc32)c1. The van der Waals surface area contributed by atoms with Gasteiger partial charge in [0.1, 0.15) is 0 Å². The minimum Gasteiger partial charge on any atom is -0.309 e. The predicted molar refractivity (Wildman–Crippen MR) is 347 cm³/mol. The topological polar surface area (TPSA) is 53.5 Å². The van der Waals surface area contributed by atoms with Gasteiger partial charge in [-0.3, -0.25) is 0 Å². The largest absolute Gasteiger partial charge is 0.309 e. The number of hydrogen-bond donors (Lipinski definition) is 0. The molecule has 0 amide bonds. The van der Waals surface area contributed by atoms with Crippen LogP contribution in [0.25, 0.3) is 117 Å². The molecule has 13 aromatic rings. The van der Waals surface area contributed by atoms with Gasteiger partial charge in [0, 0.05) is 72.3 Å². The Morgan fingerprint density at radius 1 is 0.390 bits per heavy atom. The molecule has 16 rings (SSSR count). The zero-order valence-corrected chi connectivity index (χ0v) is 47.6. The van der Waals surface area contributed by atoms with Gasteiger partial charge >= 0.3 is 0 Å². The molecule has 4 heterocycles. The Labute approximate surface area is 480 Å². The lowest BCUT2D eigenvalue weighted by molar-refractivity contribution is 0.824. The van der Waals surface area contributed by atoms with E-state index in [1.165, 1.54) is 73.2 Å². The normalized spacial score (nSPS) is 14.0. The highest BCUT2D eigenvalue weighted by molar-refractivity contribution is 6.10. The van der Waals surface area contributed by atoms with Crippen LogP contribution in [-0.4, -0.2) is 28.7 Å². The van der Waals surface area contributed by atoms with Gasteiger partial charge in [-0.15, -0.1) is 0 Å². The second kappa shape index (κ2) is 22.1. The number of benzene rings is 9. The van der Waals surface area contributed by atoms with Crippen molar-refractivity contribution in [3.05, 3.63) is 264 Å². The van der Waals surface area contributed by atoms with E-state index in [2.05, 4.69) is 246 Å². The van der Waals surface area contributed by atoms with Crippen LogP contribution in [0.4, 0.5) is 0 Å². The molecule has 0 N–H and O–H groups in total. The molecular formula is C76H66N6. The van der Waals surface area contributed by atoms with Crippen molar-refractivity contribution >= 4 is 66.2 Å². The second-order valence-electron chi connectivity index (χ2n) is 21.1. The van der Waals surface area contributed by atoms with Gasteiger partial charge in [-0.1, -0.05) is 204 Å². The highest BCUT2D eigenvalue weighted by Gasteiger charge is 2.27. The van der Waals surface area contributed by atoms with Crippen LogP contribution in [0.5, 0.6) is 0 Å². The number of rotatable bonds is 6. The average Bonchev–Trinajstić information content (AvgIpc) is 4.37. The van der Waals surface area contributed by atoms with E-state index in [0.29, 0.717) is 23.4 Å². The summed E-state index contributed by atoms with van der Waals surface area (Å²) in [6.07, 6.45) is 13.7. The van der Waals surface area contributed by atoms with Crippen molar-refractivity contribution in [2.75, 3.05) is 0 Å². The maximum atomic E-state index is 5.44. The molecule has 0 bridgehead atoms. The summed E-state index contributed by atoms with van der Waals surface area (Å²) in [5, 5.41) is 6.16. The fourth-order valence-corrected chi connectivity index (χ4v) is 12.9. The summed E-state index contributed by atoms with van der Waals surface area (Å²) in [4.78, 5) is 16.0. The predicted octanol–water partition coefficient (Wildman–Crippen LogP) is 20.2. The van der Waals surface area contributed by atoms with E-state index < -0.39 is 0 Å². The number of aromatic nitrogens is 6. The fourth-order valence-electron chi connectivity index (χ4n) is 12.9. The van der Waals surface area contributed by atoms with Gasteiger partial charge in [0.2, 0.25) is 0 Å². The van der Waals surface area contributed by atoms with Crippen LogP contribution in [-0.2, 0) is 6.42 Å². The number of para-hydroxylation sites is 5.